The molecule has 0 aromatic heterocycles. The lowest BCUT2D eigenvalue weighted by Crippen LogP contribution is -2.54. The van der Waals surface area contributed by atoms with Gasteiger partial charge in [0.2, 0.25) is 11.8 Å². The van der Waals surface area contributed by atoms with E-state index >= 15 is 4.39 Å². The average Bonchev–Trinajstić information content (AvgIpc) is 3.07. The summed E-state index contributed by atoms with van der Waals surface area (Å²) >= 11 is 0. The molecule has 242 valence electrons. The quantitative estimate of drug-likeness (QED) is 0.172. The monoisotopic (exact) mass is 645 g/mol. The number of carbonyl (C=O) groups is 2. The van der Waals surface area contributed by atoms with E-state index in [0.717, 1.165) is 9.87 Å². The molecule has 2 atom stereocenters. The second-order valence-electron chi connectivity index (χ2n) is 10.9. The molecule has 1 N–H and O–H groups in total. The predicted molar refractivity (Wildman–Crippen MR) is 177 cm³/mol. The van der Waals surface area contributed by atoms with Crippen molar-refractivity contribution in [3.05, 3.63) is 126 Å². The van der Waals surface area contributed by atoms with Crippen LogP contribution in [0.15, 0.2) is 114 Å². The zero-order valence-corrected chi connectivity index (χ0v) is 27.1. The van der Waals surface area contributed by atoms with Gasteiger partial charge in [0.05, 0.1) is 17.2 Å². The molecule has 2 amide bonds. The zero-order valence-electron chi connectivity index (χ0n) is 26.3. The maximum absolute atomic E-state index is 15.1. The van der Waals surface area contributed by atoms with Gasteiger partial charge in [-0.1, -0.05) is 73.7 Å². The second kappa shape index (κ2) is 16.0. The number of halogens is 1. The van der Waals surface area contributed by atoms with E-state index in [9.17, 15) is 18.0 Å². The molecule has 4 aromatic rings. The third-order valence-electron chi connectivity index (χ3n) is 7.62. The molecule has 10 heteroatoms. The molecule has 0 aliphatic heterocycles. The predicted octanol–water partition coefficient (Wildman–Crippen LogP) is 5.97. The van der Waals surface area contributed by atoms with Crippen molar-refractivity contribution < 1.29 is 27.1 Å². The minimum absolute atomic E-state index is 0.00677. The molecule has 0 saturated heterocycles. The highest BCUT2D eigenvalue weighted by Gasteiger charge is 2.35. The van der Waals surface area contributed by atoms with Gasteiger partial charge in [-0.25, -0.2) is 12.8 Å². The third kappa shape index (κ3) is 8.72. The Bertz CT molecular complexity index is 1690. The summed E-state index contributed by atoms with van der Waals surface area (Å²) in [6.45, 7) is 5.17. The van der Waals surface area contributed by atoms with Crippen LogP contribution in [0.5, 0.6) is 5.75 Å². The highest BCUT2D eigenvalue weighted by Crippen LogP contribution is 2.27. The Kier molecular flexibility index (Phi) is 11.9. The first-order valence-electron chi connectivity index (χ1n) is 15.3. The topological polar surface area (TPSA) is 96.0 Å². The van der Waals surface area contributed by atoms with E-state index in [1.165, 1.54) is 23.1 Å². The van der Waals surface area contributed by atoms with Gasteiger partial charge in [0.25, 0.3) is 10.0 Å². The average molecular weight is 646 g/mol. The Hall–Kier alpha value is -4.70. The van der Waals surface area contributed by atoms with Crippen molar-refractivity contribution in [2.75, 3.05) is 17.5 Å². The van der Waals surface area contributed by atoms with Gasteiger partial charge in [0, 0.05) is 24.6 Å². The molecular weight excluding hydrogens is 605 g/mol. The first-order valence-corrected chi connectivity index (χ1v) is 16.8. The first-order chi connectivity index (χ1) is 22.1. The van der Waals surface area contributed by atoms with Crippen molar-refractivity contribution in [3.63, 3.8) is 0 Å². The van der Waals surface area contributed by atoms with Crippen molar-refractivity contribution >= 4 is 27.5 Å². The van der Waals surface area contributed by atoms with Gasteiger partial charge < -0.3 is 15.0 Å². The van der Waals surface area contributed by atoms with E-state index in [0.29, 0.717) is 18.8 Å². The van der Waals surface area contributed by atoms with Gasteiger partial charge in [-0.2, -0.15) is 0 Å². The summed E-state index contributed by atoms with van der Waals surface area (Å²) in [6, 6.07) is 28.2. The molecule has 0 aliphatic rings. The number of hydrogen-bond acceptors (Lipinski definition) is 5. The van der Waals surface area contributed by atoms with E-state index in [2.05, 4.69) is 5.32 Å². The van der Waals surface area contributed by atoms with Gasteiger partial charge in [-0.15, -0.1) is 0 Å². The number of rotatable bonds is 15. The van der Waals surface area contributed by atoms with Gasteiger partial charge in [-0.3, -0.25) is 13.9 Å². The summed E-state index contributed by atoms with van der Waals surface area (Å²) in [6.07, 6.45) is 0.795. The fourth-order valence-electron chi connectivity index (χ4n) is 4.93. The van der Waals surface area contributed by atoms with E-state index in [1.807, 2.05) is 51.1 Å². The normalized spacial score (nSPS) is 12.5. The number of nitrogens with one attached hydrogen (secondary N) is 1. The van der Waals surface area contributed by atoms with Gasteiger partial charge in [0.1, 0.15) is 24.2 Å². The molecule has 0 radical (unpaired) electrons. The van der Waals surface area contributed by atoms with Crippen molar-refractivity contribution in [1.29, 1.82) is 0 Å². The Morgan fingerprint density at radius 3 is 2.07 bits per heavy atom. The second-order valence-corrected chi connectivity index (χ2v) is 12.8. The maximum Gasteiger partial charge on any atom is 0.264 e. The number of benzene rings is 4. The maximum atomic E-state index is 15.1. The summed E-state index contributed by atoms with van der Waals surface area (Å²) in [7, 11) is -4.25. The van der Waals surface area contributed by atoms with Gasteiger partial charge in [-0.05, 0) is 68.3 Å². The number of carbonyl (C=O) groups excluding carboxylic acids is 2. The first kappa shape index (κ1) is 34.2. The van der Waals surface area contributed by atoms with Crippen LogP contribution in [0.3, 0.4) is 0 Å². The molecule has 0 fully saturated rings. The van der Waals surface area contributed by atoms with Gasteiger partial charge in [0.15, 0.2) is 0 Å². The van der Waals surface area contributed by atoms with Gasteiger partial charge >= 0.3 is 0 Å². The number of hydrogen-bond donors (Lipinski definition) is 1. The largest absolute Gasteiger partial charge is 0.494 e. The third-order valence-corrected chi connectivity index (χ3v) is 9.40. The highest BCUT2D eigenvalue weighted by atomic mass is 32.2. The summed E-state index contributed by atoms with van der Waals surface area (Å²) in [5, 5.41) is 2.97. The SMILES string of the molecule is CCOc1ccc(N(CC(=O)N(Cc2ccccc2F)[C@H](Cc2ccccc2)C(=O)N[C@@H](C)CC)S(=O)(=O)c2ccccc2)cc1. The Labute approximate surface area is 270 Å². The Morgan fingerprint density at radius 2 is 1.46 bits per heavy atom. The lowest BCUT2D eigenvalue weighted by Gasteiger charge is -2.34. The number of anilines is 1. The zero-order chi connectivity index (χ0) is 33.1. The van der Waals surface area contributed by atoms with Crippen molar-refractivity contribution in [2.45, 2.75) is 57.1 Å². The number of amides is 2. The molecule has 0 spiro atoms. The fraction of sp³-hybridized carbons (Fsp3) is 0.278. The molecule has 4 rings (SSSR count). The molecule has 46 heavy (non-hydrogen) atoms. The minimum atomic E-state index is -4.25. The van der Waals surface area contributed by atoms with Crippen LogP contribution in [0.2, 0.25) is 0 Å². The van der Waals surface area contributed by atoms with Crippen molar-refractivity contribution in [2.24, 2.45) is 0 Å². The van der Waals surface area contributed by atoms with Crippen LogP contribution in [-0.2, 0) is 32.6 Å². The van der Waals surface area contributed by atoms with Crippen LogP contribution in [-0.4, -0.2) is 50.4 Å². The molecule has 0 bridgehead atoms. The van der Waals surface area contributed by atoms with Crippen molar-refractivity contribution in [1.82, 2.24) is 10.2 Å². The molecule has 8 nitrogen and oxygen atoms in total. The molecule has 0 saturated carbocycles. The van der Waals surface area contributed by atoms with E-state index in [-0.39, 0.29) is 35.2 Å². The van der Waals surface area contributed by atoms with Crippen LogP contribution in [0, 0.1) is 5.82 Å². The van der Waals surface area contributed by atoms with E-state index < -0.39 is 40.2 Å². The molecule has 0 heterocycles. The number of nitrogens with zero attached hydrogens (tertiary/aromatic N) is 2. The summed E-state index contributed by atoms with van der Waals surface area (Å²) in [5.41, 5.74) is 1.22. The Balaban J connectivity index is 1.81. The lowest BCUT2D eigenvalue weighted by atomic mass is 10.0. The highest BCUT2D eigenvalue weighted by molar-refractivity contribution is 7.92. The summed E-state index contributed by atoms with van der Waals surface area (Å²) in [4.78, 5) is 29.6. The molecular formula is C36H40FN3O5S. The summed E-state index contributed by atoms with van der Waals surface area (Å²) in [5.74, 6) is -1.08. The van der Waals surface area contributed by atoms with Crippen LogP contribution in [0.4, 0.5) is 10.1 Å². The van der Waals surface area contributed by atoms with Crippen LogP contribution in [0.25, 0.3) is 0 Å². The van der Waals surface area contributed by atoms with Crippen LogP contribution >= 0.6 is 0 Å². The molecule has 0 aliphatic carbocycles. The number of ether oxygens (including phenoxy) is 1. The Morgan fingerprint density at radius 1 is 0.848 bits per heavy atom. The summed E-state index contributed by atoms with van der Waals surface area (Å²) < 4.78 is 49.8. The minimum Gasteiger partial charge on any atom is -0.494 e. The van der Waals surface area contributed by atoms with Crippen molar-refractivity contribution in [3.8, 4) is 5.75 Å². The van der Waals surface area contributed by atoms with E-state index in [1.54, 1.807) is 60.7 Å². The van der Waals surface area contributed by atoms with Crippen LogP contribution in [0.1, 0.15) is 38.3 Å². The molecule has 0 unspecified atom stereocenters. The lowest BCUT2D eigenvalue weighted by molar-refractivity contribution is -0.140. The molecule has 4 aromatic carbocycles. The fourth-order valence-corrected chi connectivity index (χ4v) is 6.36. The van der Waals surface area contributed by atoms with Crippen LogP contribution < -0.4 is 14.4 Å². The smallest absolute Gasteiger partial charge is 0.264 e. The number of sulfonamides is 1. The van der Waals surface area contributed by atoms with E-state index in [4.69, 9.17) is 4.74 Å². The standard InChI is InChI=1S/C36H40FN3O5S/c1-4-27(3)38-36(42)34(24-28-14-8-6-9-15-28)39(25-29-16-12-13-19-33(29)37)35(41)26-40(30-20-22-31(23-21-30)45-5-2)46(43,44)32-17-10-7-11-18-32/h6-23,27,34H,4-5,24-26H2,1-3H3,(H,38,42)/t27-,34+/m0/s1.